The number of halogens is 4. The van der Waals surface area contributed by atoms with Crippen molar-refractivity contribution in [2.75, 3.05) is 10.6 Å². The van der Waals surface area contributed by atoms with E-state index >= 15 is 0 Å². The van der Waals surface area contributed by atoms with Gasteiger partial charge in [-0.2, -0.15) is 4.98 Å². The molecule has 12 heteroatoms. The molecule has 0 unspecified atom stereocenters. The van der Waals surface area contributed by atoms with Crippen LogP contribution in [-0.2, 0) is 0 Å². The van der Waals surface area contributed by atoms with Crippen molar-refractivity contribution in [2.45, 2.75) is 38.1 Å². The highest BCUT2D eigenvalue weighted by Gasteiger charge is 2.31. The number of benzene rings is 2. The monoisotopic (exact) mass is 493 g/mol. The Hall–Kier alpha value is -3.60. The van der Waals surface area contributed by atoms with Gasteiger partial charge in [0.05, 0.1) is 10.6 Å². The Labute approximate surface area is 197 Å². The molecule has 0 amide bonds. The van der Waals surface area contributed by atoms with Crippen LogP contribution in [0.5, 0.6) is 5.75 Å². The van der Waals surface area contributed by atoms with Gasteiger partial charge in [-0.15, -0.1) is 13.2 Å². The number of hydrogen-bond acceptors (Lipinski definition) is 7. The lowest BCUT2D eigenvalue weighted by Gasteiger charge is -2.15. The quantitative estimate of drug-likeness (QED) is 0.279. The number of nitrogens with zero attached hydrogens (tertiary/aromatic N) is 3. The molecule has 0 radical (unpaired) electrons. The van der Waals surface area contributed by atoms with Crippen molar-refractivity contribution in [1.29, 1.82) is 0 Å². The lowest BCUT2D eigenvalue weighted by atomic mass is 10.1. The fourth-order valence-corrected chi connectivity index (χ4v) is 3.91. The Morgan fingerprint density at radius 1 is 1.09 bits per heavy atom. The van der Waals surface area contributed by atoms with Crippen molar-refractivity contribution in [3.05, 3.63) is 63.7 Å². The second kappa shape index (κ2) is 9.72. The maximum atomic E-state index is 12.7. The Bertz CT molecular complexity index is 1200. The number of nitrogens with one attached hydrogen (secondary N) is 2. The van der Waals surface area contributed by atoms with Gasteiger partial charge >= 0.3 is 6.36 Å². The molecule has 34 heavy (non-hydrogen) atoms. The number of ether oxygens (including phenoxy) is 1. The third-order valence-corrected chi connectivity index (χ3v) is 5.43. The summed E-state index contributed by atoms with van der Waals surface area (Å²) in [5, 5.41) is 17.9. The molecule has 8 nitrogen and oxygen atoms in total. The molecular weight excluding hydrogens is 475 g/mol. The maximum Gasteiger partial charge on any atom is 0.573 e. The van der Waals surface area contributed by atoms with Gasteiger partial charge in [-0.1, -0.05) is 36.6 Å². The minimum absolute atomic E-state index is 0.114. The van der Waals surface area contributed by atoms with Gasteiger partial charge in [0.25, 0.3) is 5.69 Å². The lowest BCUT2D eigenvalue weighted by Crippen LogP contribution is -2.17. The Kier molecular flexibility index (Phi) is 6.73. The molecule has 1 aliphatic rings. The first-order chi connectivity index (χ1) is 16.2. The molecule has 178 valence electrons. The van der Waals surface area contributed by atoms with Crippen LogP contribution < -0.4 is 15.4 Å². The molecule has 1 fully saturated rings. The van der Waals surface area contributed by atoms with Crippen molar-refractivity contribution in [1.82, 2.24) is 9.97 Å². The number of nitro groups is 1. The van der Waals surface area contributed by atoms with E-state index in [1.165, 1.54) is 42.5 Å². The number of anilines is 3. The summed E-state index contributed by atoms with van der Waals surface area (Å²) >= 11 is 6.02. The molecular formula is C22H19ClF3N5O3. The van der Waals surface area contributed by atoms with Gasteiger partial charge in [-0.05, 0) is 37.1 Å². The molecule has 0 bridgehead atoms. The summed E-state index contributed by atoms with van der Waals surface area (Å²) in [4.78, 5) is 19.8. The van der Waals surface area contributed by atoms with Gasteiger partial charge in [0.2, 0.25) is 5.95 Å². The highest BCUT2D eigenvalue weighted by Crippen LogP contribution is 2.33. The molecule has 1 saturated carbocycles. The van der Waals surface area contributed by atoms with E-state index in [1.54, 1.807) is 6.07 Å². The average molecular weight is 494 g/mol. The van der Waals surface area contributed by atoms with E-state index in [1.807, 2.05) is 0 Å². The van der Waals surface area contributed by atoms with Gasteiger partial charge in [-0.3, -0.25) is 10.1 Å². The highest BCUT2D eigenvalue weighted by molar-refractivity contribution is 6.31. The first kappa shape index (κ1) is 23.6. The van der Waals surface area contributed by atoms with Crippen molar-refractivity contribution < 1.29 is 22.8 Å². The number of rotatable bonds is 7. The second-order valence-electron chi connectivity index (χ2n) is 7.71. The summed E-state index contributed by atoms with van der Waals surface area (Å²) in [5.74, 6) is 0.0608. The van der Waals surface area contributed by atoms with E-state index in [9.17, 15) is 23.3 Å². The first-order valence-corrected chi connectivity index (χ1v) is 10.8. The molecule has 1 aliphatic carbocycles. The van der Waals surface area contributed by atoms with Gasteiger partial charge in [0.15, 0.2) is 0 Å². The van der Waals surface area contributed by atoms with E-state index in [-0.39, 0.29) is 34.2 Å². The van der Waals surface area contributed by atoms with Crippen molar-refractivity contribution in [3.63, 3.8) is 0 Å². The van der Waals surface area contributed by atoms with Crippen molar-refractivity contribution in [2.24, 2.45) is 0 Å². The predicted octanol–water partition coefficient (Wildman–Crippen LogP) is 6.70. The molecule has 0 saturated heterocycles. The first-order valence-electron chi connectivity index (χ1n) is 10.4. The van der Waals surface area contributed by atoms with Crippen LogP contribution in [0.3, 0.4) is 0 Å². The lowest BCUT2D eigenvalue weighted by molar-refractivity contribution is -0.383. The van der Waals surface area contributed by atoms with E-state index < -0.39 is 17.0 Å². The number of nitro benzene ring substituents is 1. The molecule has 3 aromatic rings. The van der Waals surface area contributed by atoms with Crippen LogP contribution in [0.2, 0.25) is 5.02 Å². The number of alkyl halides is 3. The minimum Gasteiger partial charge on any atom is -0.406 e. The minimum atomic E-state index is -4.84. The third-order valence-electron chi connectivity index (χ3n) is 5.20. The van der Waals surface area contributed by atoms with Gasteiger partial charge in [-0.25, -0.2) is 4.98 Å². The Morgan fingerprint density at radius 3 is 2.56 bits per heavy atom. The van der Waals surface area contributed by atoms with Gasteiger partial charge in [0, 0.05) is 28.8 Å². The van der Waals surface area contributed by atoms with Crippen LogP contribution in [0.15, 0.2) is 48.5 Å². The van der Waals surface area contributed by atoms with Crippen LogP contribution in [-0.4, -0.2) is 27.3 Å². The van der Waals surface area contributed by atoms with Crippen LogP contribution in [0, 0.1) is 10.1 Å². The zero-order valence-corrected chi connectivity index (χ0v) is 18.4. The Balaban J connectivity index is 1.73. The SMILES string of the molecule is O=[N+]([O-])c1ccc(Cl)cc1Nc1cc(-c2cccc(OC(F)(F)F)c2)nc(NC2CCCC2)n1. The molecule has 2 aromatic carbocycles. The molecule has 0 atom stereocenters. The topological polar surface area (TPSA) is 102 Å². The standard InChI is InChI=1S/C22H19ClF3N5O3/c23-14-8-9-19(31(32)33)18(11-14)28-20-12-17(29-21(30-20)27-15-5-1-2-6-15)13-4-3-7-16(10-13)34-22(24,25)26/h3-4,7-12,15H,1-2,5-6H2,(H2,27,28,29,30). The van der Waals surface area contributed by atoms with Crippen LogP contribution >= 0.6 is 11.6 Å². The summed E-state index contributed by atoms with van der Waals surface area (Å²) < 4.78 is 42.0. The van der Waals surface area contributed by atoms with E-state index in [0.717, 1.165) is 25.7 Å². The molecule has 0 spiro atoms. The molecule has 1 heterocycles. The molecule has 1 aromatic heterocycles. The number of aromatic nitrogens is 2. The summed E-state index contributed by atoms with van der Waals surface area (Å²) in [6.45, 7) is 0. The van der Waals surface area contributed by atoms with Crippen molar-refractivity contribution in [3.8, 4) is 17.0 Å². The van der Waals surface area contributed by atoms with Crippen LogP contribution in [0.4, 0.5) is 36.3 Å². The average Bonchev–Trinajstić information content (AvgIpc) is 3.25. The predicted molar refractivity (Wildman–Crippen MR) is 121 cm³/mol. The fraction of sp³-hybridized carbons (Fsp3) is 0.273. The third kappa shape index (κ3) is 6.04. The molecule has 0 aliphatic heterocycles. The zero-order chi connectivity index (χ0) is 24.3. The van der Waals surface area contributed by atoms with E-state index in [4.69, 9.17) is 11.6 Å². The largest absolute Gasteiger partial charge is 0.573 e. The smallest absolute Gasteiger partial charge is 0.406 e. The fourth-order valence-electron chi connectivity index (χ4n) is 3.73. The second-order valence-corrected chi connectivity index (χ2v) is 8.14. The van der Waals surface area contributed by atoms with Gasteiger partial charge < -0.3 is 15.4 Å². The van der Waals surface area contributed by atoms with Crippen LogP contribution in [0.25, 0.3) is 11.3 Å². The number of hydrogen-bond donors (Lipinski definition) is 2. The maximum absolute atomic E-state index is 12.7. The molecule has 2 N–H and O–H groups in total. The normalized spacial score (nSPS) is 14.1. The van der Waals surface area contributed by atoms with Crippen LogP contribution in [0.1, 0.15) is 25.7 Å². The van der Waals surface area contributed by atoms with E-state index in [0.29, 0.717) is 11.3 Å². The Morgan fingerprint density at radius 2 is 1.85 bits per heavy atom. The molecule has 4 rings (SSSR count). The van der Waals surface area contributed by atoms with Gasteiger partial charge in [0.1, 0.15) is 17.3 Å². The summed E-state index contributed by atoms with van der Waals surface area (Å²) in [6.07, 6.45) is -0.838. The highest BCUT2D eigenvalue weighted by atomic mass is 35.5. The van der Waals surface area contributed by atoms with Crippen molar-refractivity contribution >= 4 is 34.7 Å². The summed E-state index contributed by atoms with van der Waals surface area (Å²) in [6, 6.07) is 11.1. The summed E-state index contributed by atoms with van der Waals surface area (Å²) in [5.41, 5.74) is 0.552. The van der Waals surface area contributed by atoms with E-state index in [2.05, 4.69) is 25.3 Å². The zero-order valence-electron chi connectivity index (χ0n) is 17.6. The summed E-state index contributed by atoms with van der Waals surface area (Å²) in [7, 11) is 0.